The molecule has 2 aromatic heterocycles. The number of carbonyl (C=O) groups is 2. The van der Waals surface area contributed by atoms with Crippen molar-refractivity contribution in [2.45, 2.75) is 59.4 Å². The molecule has 0 spiro atoms. The van der Waals surface area contributed by atoms with Crippen LogP contribution in [0.5, 0.6) is 5.88 Å². The van der Waals surface area contributed by atoms with E-state index < -0.39 is 36.3 Å². The average Bonchev–Trinajstić information content (AvgIpc) is 2.72. The van der Waals surface area contributed by atoms with E-state index in [4.69, 9.17) is 4.74 Å². The monoisotopic (exact) mass is 469 g/mol. The van der Waals surface area contributed by atoms with Crippen molar-refractivity contribution in [1.82, 2.24) is 15.3 Å². The highest BCUT2D eigenvalue weighted by Gasteiger charge is 2.42. The molecule has 0 saturated heterocycles. The maximum Gasteiger partial charge on any atom is 0.340 e. The van der Waals surface area contributed by atoms with E-state index in [2.05, 4.69) is 15.3 Å². The minimum Gasteiger partial charge on any atom is -0.471 e. The number of halogens is 4. The van der Waals surface area contributed by atoms with Gasteiger partial charge in [0.05, 0.1) is 6.04 Å². The Balaban J connectivity index is 2.05. The van der Waals surface area contributed by atoms with Crippen LogP contribution in [-0.4, -0.2) is 40.6 Å². The minimum absolute atomic E-state index is 0.00361. The van der Waals surface area contributed by atoms with Gasteiger partial charge in [0.25, 0.3) is 5.91 Å². The van der Waals surface area contributed by atoms with Crippen molar-refractivity contribution in [3.63, 3.8) is 0 Å². The maximum atomic E-state index is 13.1. The number of ether oxygens (including phenoxy) is 1. The predicted molar refractivity (Wildman–Crippen MR) is 114 cm³/mol. The molecule has 10 heteroatoms. The van der Waals surface area contributed by atoms with Gasteiger partial charge in [0.2, 0.25) is 5.88 Å². The number of nitrogens with zero attached hydrogens (tertiary/aromatic N) is 2. The third-order valence-electron chi connectivity index (χ3n) is 4.88. The second-order valence-electron chi connectivity index (χ2n) is 8.82. The Morgan fingerprint density at radius 3 is 2.39 bits per heavy atom. The first-order valence-corrected chi connectivity index (χ1v) is 10.2. The lowest BCUT2D eigenvalue weighted by atomic mass is 9.88. The average molecular weight is 469 g/mol. The molecule has 0 saturated carbocycles. The number of aromatic nitrogens is 2. The summed E-state index contributed by atoms with van der Waals surface area (Å²) in [5.74, 6) is -4.88. The lowest BCUT2D eigenvalue weighted by Crippen LogP contribution is -2.34. The highest BCUT2D eigenvalue weighted by atomic mass is 19.3. The molecule has 0 aliphatic heterocycles. The summed E-state index contributed by atoms with van der Waals surface area (Å²) in [5, 5.41) is 2.79. The Kier molecular flexibility index (Phi) is 8.16. The van der Waals surface area contributed by atoms with Crippen LogP contribution in [0.25, 0.3) is 0 Å². The number of alkyl halides is 4. The summed E-state index contributed by atoms with van der Waals surface area (Å²) in [5.41, 5.74) is 1.20. The first kappa shape index (κ1) is 26.2. The summed E-state index contributed by atoms with van der Waals surface area (Å²) in [6, 6.07) is 4.13. The van der Waals surface area contributed by atoms with E-state index in [0.717, 1.165) is 0 Å². The van der Waals surface area contributed by atoms with E-state index in [0.29, 0.717) is 22.4 Å². The van der Waals surface area contributed by atoms with Crippen molar-refractivity contribution < 1.29 is 31.9 Å². The number of amides is 1. The predicted octanol–water partition coefficient (Wildman–Crippen LogP) is 4.71. The smallest absolute Gasteiger partial charge is 0.340 e. The normalized spacial score (nSPS) is 13.0. The topological polar surface area (TPSA) is 81.2 Å². The Morgan fingerprint density at radius 1 is 1.15 bits per heavy atom. The van der Waals surface area contributed by atoms with Gasteiger partial charge in [-0.15, -0.1) is 0 Å². The van der Waals surface area contributed by atoms with Crippen molar-refractivity contribution >= 4 is 11.7 Å². The molecule has 6 nitrogen and oxygen atoms in total. The molecule has 1 N–H and O–H groups in total. The number of aryl methyl sites for hydroxylation is 1. The standard InChI is InChI=1S/C23H27F4N3O3/c1-13-8-16(11-29-20(13)33-12-23(26,27)21(24)25)14(2)30-19(32)15-6-7-28-17(9-15)10-18(31)22(3,4)5/h6-9,11,14,21H,10,12H2,1-5H3,(H,30,32). The molecular weight excluding hydrogens is 442 g/mol. The lowest BCUT2D eigenvalue weighted by Gasteiger charge is -2.18. The van der Waals surface area contributed by atoms with Gasteiger partial charge in [0.1, 0.15) is 5.78 Å². The Morgan fingerprint density at radius 2 is 1.82 bits per heavy atom. The molecule has 0 bridgehead atoms. The van der Waals surface area contributed by atoms with Gasteiger partial charge in [-0.2, -0.15) is 8.78 Å². The molecule has 2 heterocycles. The number of pyridine rings is 2. The quantitative estimate of drug-likeness (QED) is 0.538. The second kappa shape index (κ2) is 10.3. The third kappa shape index (κ3) is 7.23. The number of hydrogen-bond donors (Lipinski definition) is 1. The number of Topliss-reactive ketones (excluding diaryl/α,β-unsaturated/α-hetero) is 1. The third-order valence-corrected chi connectivity index (χ3v) is 4.88. The molecule has 1 atom stereocenters. The molecule has 0 aliphatic rings. The van der Waals surface area contributed by atoms with E-state index in [1.54, 1.807) is 19.1 Å². The van der Waals surface area contributed by atoms with Crippen LogP contribution in [0, 0.1) is 12.3 Å². The highest BCUT2D eigenvalue weighted by Crippen LogP contribution is 2.26. The van der Waals surface area contributed by atoms with E-state index in [1.165, 1.54) is 25.4 Å². The molecule has 1 unspecified atom stereocenters. The van der Waals surface area contributed by atoms with Gasteiger partial charge in [0, 0.05) is 41.1 Å². The number of nitrogens with one attached hydrogen (secondary N) is 1. The molecule has 180 valence electrons. The molecular formula is C23H27F4N3O3. The van der Waals surface area contributed by atoms with Gasteiger partial charge in [-0.05, 0) is 37.6 Å². The minimum atomic E-state index is -4.28. The van der Waals surface area contributed by atoms with E-state index in [9.17, 15) is 27.2 Å². The summed E-state index contributed by atoms with van der Waals surface area (Å²) in [6.45, 7) is 7.17. The Labute approximate surface area is 189 Å². The fourth-order valence-electron chi connectivity index (χ4n) is 2.71. The van der Waals surface area contributed by atoms with Crippen LogP contribution in [0.4, 0.5) is 17.6 Å². The summed E-state index contributed by atoms with van der Waals surface area (Å²) < 4.78 is 55.4. The van der Waals surface area contributed by atoms with Gasteiger partial charge < -0.3 is 10.1 Å². The highest BCUT2D eigenvalue weighted by molar-refractivity contribution is 5.94. The van der Waals surface area contributed by atoms with Crippen LogP contribution in [0.3, 0.4) is 0 Å². The van der Waals surface area contributed by atoms with Crippen LogP contribution < -0.4 is 10.1 Å². The number of hydrogen-bond acceptors (Lipinski definition) is 5. The van der Waals surface area contributed by atoms with Gasteiger partial charge in [0.15, 0.2) is 6.61 Å². The van der Waals surface area contributed by atoms with Gasteiger partial charge in [-0.1, -0.05) is 20.8 Å². The zero-order valence-electron chi connectivity index (χ0n) is 19.1. The fourth-order valence-corrected chi connectivity index (χ4v) is 2.71. The molecule has 0 fully saturated rings. The number of carbonyl (C=O) groups excluding carboxylic acids is 2. The molecule has 1 amide bonds. The summed E-state index contributed by atoms with van der Waals surface area (Å²) >= 11 is 0. The molecule has 0 radical (unpaired) electrons. The van der Waals surface area contributed by atoms with Crippen molar-refractivity contribution in [3.8, 4) is 5.88 Å². The van der Waals surface area contributed by atoms with Crippen LogP contribution in [0.15, 0.2) is 30.6 Å². The molecule has 33 heavy (non-hydrogen) atoms. The maximum absolute atomic E-state index is 13.1. The summed E-state index contributed by atoms with van der Waals surface area (Å²) in [7, 11) is 0. The Hall–Kier alpha value is -3.04. The molecule has 0 aliphatic carbocycles. The van der Waals surface area contributed by atoms with Crippen molar-refractivity contribution in [1.29, 1.82) is 0 Å². The van der Waals surface area contributed by atoms with Gasteiger partial charge in [-0.25, -0.2) is 13.8 Å². The zero-order valence-corrected chi connectivity index (χ0v) is 19.1. The van der Waals surface area contributed by atoms with Crippen molar-refractivity contribution in [2.24, 2.45) is 5.41 Å². The number of ketones is 1. The number of rotatable bonds is 9. The van der Waals surface area contributed by atoms with Crippen molar-refractivity contribution in [3.05, 3.63) is 53.0 Å². The summed E-state index contributed by atoms with van der Waals surface area (Å²) in [4.78, 5) is 33.0. The molecule has 0 aromatic carbocycles. The van der Waals surface area contributed by atoms with Gasteiger partial charge >= 0.3 is 12.3 Å². The Bertz CT molecular complexity index is 1010. The lowest BCUT2D eigenvalue weighted by molar-refractivity contribution is -0.148. The van der Waals surface area contributed by atoms with Gasteiger partial charge in [-0.3, -0.25) is 14.6 Å². The zero-order chi connectivity index (χ0) is 25.0. The van der Waals surface area contributed by atoms with Crippen LogP contribution >= 0.6 is 0 Å². The second-order valence-corrected chi connectivity index (χ2v) is 8.82. The van der Waals surface area contributed by atoms with Crippen LogP contribution in [0.2, 0.25) is 0 Å². The first-order valence-electron chi connectivity index (χ1n) is 10.2. The molecule has 2 rings (SSSR count). The fraction of sp³-hybridized carbons (Fsp3) is 0.478. The van der Waals surface area contributed by atoms with E-state index >= 15 is 0 Å². The summed E-state index contributed by atoms with van der Waals surface area (Å²) in [6.07, 6.45) is -0.964. The first-order chi connectivity index (χ1) is 15.2. The SMILES string of the molecule is Cc1cc(C(C)NC(=O)c2ccnc(CC(=O)C(C)(C)C)c2)cnc1OCC(F)(F)C(F)F. The van der Waals surface area contributed by atoms with E-state index in [-0.39, 0.29) is 18.1 Å². The van der Waals surface area contributed by atoms with Crippen molar-refractivity contribution in [2.75, 3.05) is 6.61 Å². The van der Waals surface area contributed by atoms with Crippen LogP contribution in [0.1, 0.15) is 60.9 Å². The van der Waals surface area contributed by atoms with Crippen LogP contribution in [-0.2, 0) is 11.2 Å². The van der Waals surface area contributed by atoms with E-state index in [1.807, 2.05) is 20.8 Å². The molecule has 2 aromatic rings. The largest absolute Gasteiger partial charge is 0.471 e.